The first-order valence-electron chi connectivity index (χ1n) is 12.6. The zero-order valence-corrected chi connectivity index (χ0v) is 22.7. The van der Waals surface area contributed by atoms with E-state index in [2.05, 4.69) is 32.9 Å². The largest absolute Gasteiger partial charge is 0.376 e. The first-order chi connectivity index (χ1) is 17.2. The number of piperidine rings is 1. The van der Waals surface area contributed by atoms with Gasteiger partial charge in [0.05, 0.1) is 27.8 Å². The second-order valence-electron chi connectivity index (χ2n) is 10.0. The first-order valence-corrected chi connectivity index (χ1v) is 14.9. The van der Waals surface area contributed by atoms with E-state index >= 15 is 0 Å². The second-order valence-corrected chi connectivity index (χ2v) is 13.0. The van der Waals surface area contributed by atoms with Crippen LogP contribution in [-0.4, -0.2) is 56.0 Å². The highest BCUT2D eigenvalue weighted by Gasteiger charge is 2.30. The lowest BCUT2D eigenvalue weighted by atomic mass is 10.0. The Balaban J connectivity index is 1.43. The molecule has 1 unspecified atom stereocenters. The molecule has 2 fully saturated rings. The van der Waals surface area contributed by atoms with Gasteiger partial charge in [0, 0.05) is 25.3 Å². The van der Waals surface area contributed by atoms with Crippen LogP contribution in [-0.2, 0) is 14.8 Å². The van der Waals surface area contributed by atoms with Crippen LogP contribution in [0.3, 0.4) is 0 Å². The maximum atomic E-state index is 13.7. The number of nitrogens with zero attached hydrogens (tertiary/aromatic N) is 3. The number of thiazole rings is 1. The predicted molar refractivity (Wildman–Crippen MR) is 143 cm³/mol. The SMILES string of the molecule is Cc1ccc2sc(N(CC3CCCO3)C(=O)c3ccc(S(=O)(=O)N4CCC(C)CC4)cc3)nc2c1C. The third-order valence-electron chi connectivity index (χ3n) is 7.44. The Kier molecular flexibility index (Phi) is 7.18. The number of hydrogen-bond acceptors (Lipinski definition) is 6. The van der Waals surface area contributed by atoms with Gasteiger partial charge in [0.2, 0.25) is 10.0 Å². The molecule has 2 aliphatic heterocycles. The fourth-order valence-electron chi connectivity index (χ4n) is 4.87. The van der Waals surface area contributed by atoms with Gasteiger partial charge in [-0.3, -0.25) is 9.69 Å². The van der Waals surface area contributed by atoms with Crippen molar-refractivity contribution in [1.29, 1.82) is 0 Å². The Labute approximate surface area is 217 Å². The van der Waals surface area contributed by atoms with E-state index in [1.165, 1.54) is 11.3 Å². The summed E-state index contributed by atoms with van der Waals surface area (Å²) in [5.41, 5.74) is 3.63. The Morgan fingerprint density at radius 2 is 1.83 bits per heavy atom. The lowest BCUT2D eigenvalue weighted by Gasteiger charge is -2.29. The van der Waals surface area contributed by atoms with Crippen molar-refractivity contribution in [2.75, 3.05) is 31.1 Å². The first kappa shape index (κ1) is 25.3. The van der Waals surface area contributed by atoms with Gasteiger partial charge < -0.3 is 4.74 Å². The van der Waals surface area contributed by atoms with Crippen LogP contribution < -0.4 is 4.90 Å². The molecule has 1 atom stereocenters. The lowest BCUT2D eigenvalue weighted by molar-refractivity contribution is 0.0917. The second kappa shape index (κ2) is 10.2. The van der Waals surface area contributed by atoms with Gasteiger partial charge in [-0.05, 0) is 86.9 Å². The number of rotatable bonds is 6. The van der Waals surface area contributed by atoms with Crippen molar-refractivity contribution < 1.29 is 17.9 Å². The molecule has 0 saturated carbocycles. The summed E-state index contributed by atoms with van der Waals surface area (Å²) in [5.74, 6) is 0.344. The van der Waals surface area contributed by atoms with Crippen molar-refractivity contribution >= 4 is 42.6 Å². The van der Waals surface area contributed by atoms with Gasteiger partial charge in [-0.25, -0.2) is 13.4 Å². The summed E-state index contributed by atoms with van der Waals surface area (Å²) in [4.78, 5) is 20.5. The smallest absolute Gasteiger partial charge is 0.260 e. The van der Waals surface area contributed by atoms with Gasteiger partial charge >= 0.3 is 0 Å². The maximum Gasteiger partial charge on any atom is 0.260 e. The molecule has 5 rings (SSSR count). The Morgan fingerprint density at radius 3 is 2.50 bits per heavy atom. The molecule has 1 amide bonds. The minimum atomic E-state index is -3.57. The molecule has 9 heteroatoms. The number of aryl methyl sites for hydroxylation is 2. The van der Waals surface area contributed by atoms with Crippen molar-refractivity contribution in [2.45, 2.75) is 57.5 Å². The van der Waals surface area contributed by atoms with Crippen molar-refractivity contribution in [2.24, 2.45) is 5.92 Å². The average molecular weight is 528 g/mol. The quantitative estimate of drug-likeness (QED) is 0.442. The molecule has 2 saturated heterocycles. The molecule has 0 bridgehead atoms. The fourth-order valence-corrected chi connectivity index (χ4v) is 7.37. The summed E-state index contributed by atoms with van der Waals surface area (Å²) in [6, 6.07) is 10.5. The maximum absolute atomic E-state index is 13.7. The van der Waals surface area contributed by atoms with Crippen LogP contribution in [0.15, 0.2) is 41.3 Å². The molecule has 36 heavy (non-hydrogen) atoms. The fraction of sp³-hybridized carbons (Fsp3) is 0.481. The normalized spacial score (nSPS) is 19.7. The van der Waals surface area contributed by atoms with Gasteiger partial charge in [-0.2, -0.15) is 4.31 Å². The van der Waals surface area contributed by atoms with Gasteiger partial charge in [-0.1, -0.05) is 24.3 Å². The molecule has 192 valence electrons. The molecule has 0 radical (unpaired) electrons. The Morgan fingerprint density at radius 1 is 1.11 bits per heavy atom. The van der Waals surface area contributed by atoms with Crippen LogP contribution in [0.5, 0.6) is 0 Å². The van der Waals surface area contributed by atoms with Gasteiger partial charge in [0.1, 0.15) is 0 Å². The van der Waals surface area contributed by atoms with Gasteiger partial charge in [-0.15, -0.1) is 0 Å². The molecule has 0 N–H and O–H groups in total. The summed E-state index contributed by atoms with van der Waals surface area (Å²) >= 11 is 1.50. The van der Waals surface area contributed by atoms with Crippen LogP contribution in [0.25, 0.3) is 10.2 Å². The van der Waals surface area contributed by atoms with E-state index in [4.69, 9.17) is 9.72 Å². The summed E-state index contributed by atoms with van der Waals surface area (Å²) in [6.45, 7) is 8.46. The minimum Gasteiger partial charge on any atom is -0.376 e. The minimum absolute atomic E-state index is 0.0371. The molecule has 3 aromatic rings. The van der Waals surface area contributed by atoms with E-state index in [9.17, 15) is 13.2 Å². The number of anilines is 1. The highest BCUT2D eigenvalue weighted by atomic mass is 32.2. The molecule has 0 aliphatic carbocycles. The van der Waals surface area contributed by atoms with Crippen molar-refractivity contribution in [3.63, 3.8) is 0 Å². The topological polar surface area (TPSA) is 79.8 Å². The molecular weight excluding hydrogens is 494 g/mol. The highest BCUT2D eigenvalue weighted by molar-refractivity contribution is 7.89. The molecule has 2 aromatic carbocycles. The zero-order chi connectivity index (χ0) is 25.4. The number of benzene rings is 2. The predicted octanol–water partition coefficient (Wildman–Crippen LogP) is 5.16. The molecular formula is C27H33N3O4S2. The van der Waals surface area contributed by atoms with Crippen LogP contribution in [0.2, 0.25) is 0 Å². The van der Waals surface area contributed by atoms with E-state index in [1.807, 2.05) is 0 Å². The van der Waals surface area contributed by atoms with E-state index in [1.54, 1.807) is 33.5 Å². The van der Waals surface area contributed by atoms with Crippen LogP contribution in [0, 0.1) is 19.8 Å². The highest BCUT2D eigenvalue weighted by Crippen LogP contribution is 2.33. The summed E-state index contributed by atoms with van der Waals surface area (Å²) < 4.78 is 34.7. The van der Waals surface area contributed by atoms with E-state index in [0.29, 0.717) is 42.9 Å². The molecule has 0 spiro atoms. The Hall–Kier alpha value is -2.33. The van der Waals surface area contributed by atoms with Gasteiger partial charge in [0.15, 0.2) is 5.13 Å². The van der Waals surface area contributed by atoms with E-state index in [0.717, 1.165) is 47.0 Å². The van der Waals surface area contributed by atoms with Crippen LogP contribution in [0.4, 0.5) is 5.13 Å². The van der Waals surface area contributed by atoms with E-state index in [-0.39, 0.29) is 16.9 Å². The molecule has 2 aliphatic rings. The average Bonchev–Trinajstić information content (AvgIpc) is 3.55. The lowest BCUT2D eigenvalue weighted by Crippen LogP contribution is -2.38. The molecule has 1 aromatic heterocycles. The van der Waals surface area contributed by atoms with Crippen LogP contribution >= 0.6 is 11.3 Å². The number of fused-ring (bicyclic) bond motifs is 1. The van der Waals surface area contributed by atoms with Crippen LogP contribution in [0.1, 0.15) is 54.1 Å². The van der Waals surface area contributed by atoms with Crippen molar-refractivity contribution in [3.05, 3.63) is 53.1 Å². The monoisotopic (exact) mass is 527 g/mol. The number of aromatic nitrogens is 1. The van der Waals surface area contributed by atoms with Gasteiger partial charge in [0.25, 0.3) is 5.91 Å². The summed E-state index contributed by atoms with van der Waals surface area (Å²) in [6.07, 6.45) is 3.58. The third kappa shape index (κ3) is 4.94. The number of carbonyl (C=O) groups is 1. The van der Waals surface area contributed by atoms with Crippen molar-refractivity contribution in [1.82, 2.24) is 9.29 Å². The zero-order valence-electron chi connectivity index (χ0n) is 21.1. The van der Waals surface area contributed by atoms with E-state index < -0.39 is 10.0 Å². The molecule has 7 nitrogen and oxygen atoms in total. The summed E-state index contributed by atoms with van der Waals surface area (Å²) in [5, 5.41) is 0.637. The number of ether oxygens (including phenoxy) is 1. The van der Waals surface area contributed by atoms with Crippen molar-refractivity contribution in [3.8, 4) is 0 Å². The Bertz CT molecular complexity index is 1350. The number of hydrogen-bond donors (Lipinski definition) is 0. The third-order valence-corrected chi connectivity index (χ3v) is 10.4. The standard InChI is InChI=1S/C27H33N3O4S2/c1-18-12-14-29(15-13-18)36(32,33)23-9-7-21(8-10-23)26(31)30(17-22-5-4-16-34-22)27-28-25-20(3)19(2)6-11-24(25)35-27/h6-11,18,22H,4-5,12-17H2,1-3H3. The number of sulfonamides is 1. The number of amides is 1. The number of carbonyl (C=O) groups excluding carboxylic acids is 1. The molecule has 3 heterocycles. The summed E-state index contributed by atoms with van der Waals surface area (Å²) in [7, 11) is -3.57.